The number of hydrogen-bond acceptors (Lipinski definition) is 5. The zero-order valence-corrected chi connectivity index (χ0v) is 14.5. The maximum Gasteiger partial charge on any atom is 0.342 e. The Morgan fingerprint density at radius 1 is 1.08 bits per heavy atom. The van der Waals surface area contributed by atoms with Gasteiger partial charge in [-0.15, -0.1) is 0 Å². The average molecular weight is 342 g/mol. The first-order valence-electron chi connectivity index (χ1n) is 8.40. The number of rotatable bonds is 4. The summed E-state index contributed by atoms with van der Waals surface area (Å²) in [4.78, 5) is 28.6. The van der Waals surface area contributed by atoms with E-state index in [-0.39, 0.29) is 5.91 Å². The first-order chi connectivity index (χ1) is 12.1. The number of benzene rings is 1. The fourth-order valence-electron chi connectivity index (χ4n) is 2.95. The molecule has 6 heteroatoms. The Hall–Kier alpha value is -2.76. The van der Waals surface area contributed by atoms with E-state index in [4.69, 9.17) is 9.15 Å². The van der Waals surface area contributed by atoms with Crippen molar-refractivity contribution >= 4 is 17.6 Å². The summed E-state index contributed by atoms with van der Waals surface area (Å²) in [5.74, 6) is -0.210. The third kappa shape index (κ3) is 3.84. The number of ether oxygens (including phenoxy) is 1. The number of furan rings is 1. The highest BCUT2D eigenvalue weighted by Crippen LogP contribution is 2.17. The van der Waals surface area contributed by atoms with E-state index in [2.05, 4.69) is 17.0 Å². The lowest BCUT2D eigenvalue weighted by molar-refractivity contribution is -0.140. The van der Waals surface area contributed by atoms with Gasteiger partial charge in [0.15, 0.2) is 6.10 Å². The molecule has 1 aliphatic rings. The normalized spacial score (nSPS) is 15.8. The predicted octanol–water partition coefficient (Wildman–Crippen LogP) is 2.48. The number of hydrogen-bond donors (Lipinski definition) is 0. The molecule has 1 fully saturated rings. The molecule has 0 radical (unpaired) electrons. The lowest BCUT2D eigenvalue weighted by atomic mass is 10.2. The molecule has 1 amide bonds. The third-order valence-corrected chi connectivity index (χ3v) is 4.42. The van der Waals surface area contributed by atoms with Crippen LogP contribution in [0.1, 0.15) is 23.0 Å². The van der Waals surface area contributed by atoms with Gasteiger partial charge in [-0.1, -0.05) is 18.2 Å². The van der Waals surface area contributed by atoms with Gasteiger partial charge in [0.2, 0.25) is 0 Å². The van der Waals surface area contributed by atoms with Crippen LogP contribution in [0.2, 0.25) is 0 Å². The van der Waals surface area contributed by atoms with Crippen molar-refractivity contribution in [2.75, 3.05) is 31.1 Å². The summed E-state index contributed by atoms with van der Waals surface area (Å²) in [6.07, 6.45) is 0.617. The second-order valence-corrected chi connectivity index (χ2v) is 6.09. The maximum absolute atomic E-state index is 12.5. The van der Waals surface area contributed by atoms with Crippen LogP contribution in [-0.4, -0.2) is 49.1 Å². The van der Waals surface area contributed by atoms with E-state index in [9.17, 15) is 9.59 Å². The van der Waals surface area contributed by atoms with E-state index in [1.807, 2.05) is 18.2 Å². The van der Waals surface area contributed by atoms with Crippen molar-refractivity contribution in [1.29, 1.82) is 0 Å². The van der Waals surface area contributed by atoms with Crippen LogP contribution in [0.25, 0.3) is 0 Å². The molecule has 0 bridgehead atoms. The number of carbonyl (C=O) groups excluding carboxylic acids is 2. The van der Waals surface area contributed by atoms with Crippen LogP contribution in [0.4, 0.5) is 5.69 Å². The number of carbonyl (C=O) groups is 2. The van der Waals surface area contributed by atoms with Crippen molar-refractivity contribution in [3.8, 4) is 0 Å². The zero-order chi connectivity index (χ0) is 17.8. The molecule has 0 spiro atoms. The van der Waals surface area contributed by atoms with Crippen LogP contribution in [0, 0.1) is 6.92 Å². The number of para-hydroxylation sites is 1. The molecule has 0 N–H and O–H groups in total. The Balaban J connectivity index is 1.53. The highest BCUT2D eigenvalue weighted by Gasteiger charge is 2.28. The predicted molar refractivity (Wildman–Crippen MR) is 93.6 cm³/mol. The third-order valence-electron chi connectivity index (χ3n) is 4.42. The Bertz CT molecular complexity index is 733. The van der Waals surface area contributed by atoms with E-state index in [1.54, 1.807) is 24.8 Å². The monoisotopic (exact) mass is 342 g/mol. The molecule has 1 aromatic carbocycles. The van der Waals surface area contributed by atoms with Crippen molar-refractivity contribution < 1.29 is 18.7 Å². The molecule has 1 saturated heterocycles. The number of esters is 1. The van der Waals surface area contributed by atoms with Gasteiger partial charge in [0.1, 0.15) is 11.3 Å². The standard InChI is InChI=1S/C19H22N2O4/c1-14-17(8-13-24-14)19(23)25-15(2)18(22)21-11-9-20(10-12-21)16-6-4-3-5-7-16/h3-8,13,15H,9-12H2,1-2H3. The van der Waals surface area contributed by atoms with E-state index < -0.39 is 12.1 Å². The van der Waals surface area contributed by atoms with Crippen LogP contribution in [0.5, 0.6) is 0 Å². The van der Waals surface area contributed by atoms with Crippen molar-refractivity contribution in [3.05, 3.63) is 54.0 Å². The fourth-order valence-corrected chi connectivity index (χ4v) is 2.95. The lowest BCUT2D eigenvalue weighted by Crippen LogP contribution is -2.51. The molecule has 6 nitrogen and oxygen atoms in total. The second kappa shape index (κ2) is 7.42. The maximum atomic E-state index is 12.5. The SMILES string of the molecule is Cc1occc1C(=O)OC(C)C(=O)N1CCN(c2ccccc2)CC1. The Kier molecular flexibility index (Phi) is 5.07. The minimum absolute atomic E-state index is 0.165. The smallest absolute Gasteiger partial charge is 0.342 e. The van der Waals surface area contributed by atoms with Gasteiger partial charge in [0.25, 0.3) is 5.91 Å². The number of piperazine rings is 1. The largest absolute Gasteiger partial charge is 0.469 e. The summed E-state index contributed by atoms with van der Waals surface area (Å²) in [6, 6.07) is 11.7. The van der Waals surface area contributed by atoms with Crippen LogP contribution in [0.15, 0.2) is 47.1 Å². The molecule has 3 rings (SSSR count). The second-order valence-electron chi connectivity index (χ2n) is 6.09. The molecule has 0 aliphatic carbocycles. The van der Waals surface area contributed by atoms with Crippen molar-refractivity contribution in [1.82, 2.24) is 4.90 Å². The van der Waals surface area contributed by atoms with E-state index in [0.717, 1.165) is 18.8 Å². The van der Waals surface area contributed by atoms with Crippen molar-refractivity contribution in [2.24, 2.45) is 0 Å². The molecule has 0 saturated carbocycles. The number of amides is 1. The van der Waals surface area contributed by atoms with Gasteiger partial charge in [-0.05, 0) is 32.0 Å². The van der Waals surface area contributed by atoms with Gasteiger partial charge >= 0.3 is 5.97 Å². The van der Waals surface area contributed by atoms with Gasteiger partial charge in [-0.3, -0.25) is 4.79 Å². The van der Waals surface area contributed by atoms with Gasteiger partial charge in [-0.2, -0.15) is 0 Å². The summed E-state index contributed by atoms with van der Waals surface area (Å²) in [6.45, 7) is 6.04. The van der Waals surface area contributed by atoms with E-state index >= 15 is 0 Å². The van der Waals surface area contributed by atoms with E-state index in [0.29, 0.717) is 24.4 Å². The summed E-state index contributed by atoms with van der Waals surface area (Å²) in [5, 5.41) is 0. The van der Waals surface area contributed by atoms with Crippen LogP contribution < -0.4 is 4.90 Å². The first kappa shape index (κ1) is 17.1. The van der Waals surface area contributed by atoms with Crippen LogP contribution >= 0.6 is 0 Å². The molecule has 25 heavy (non-hydrogen) atoms. The molecular weight excluding hydrogens is 320 g/mol. The number of anilines is 1. The quantitative estimate of drug-likeness (QED) is 0.799. The van der Waals surface area contributed by atoms with Crippen LogP contribution in [-0.2, 0) is 9.53 Å². The molecule has 132 valence electrons. The zero-order valence-electron chi connectivity index (χ0n) is 14.5. The minimum atomic E-state index is -0.815. The Labute approximate surface area is 147 Å². The molecule has 1 atom stereocenters. The van der Waals surface area contributed by atoms with Gasteiger partial charge < -0.3 is 19.0 Å². The summed E-state index contributed by atoms with van der Waals surface area (Å²) in [7, 11) is 0. The summed E-state index contributed by atoms with van der Waals surface area (Å²) in [5.41, 5.74) is 1.51. The lowest BCUT2D eigenvalue weighted by Gasteiger charge is -2.37. The molecule has 2 heterocycles. The average Bonchev–Trinajstić information content (AvgIpc) is 3.08. The van der Waals surface area contributed by atoms with Gasteiger partial charge in [0.05, 0.1) is 6.26 Å². The molecular formula is C19H22N2O4. The molecule has 1 unspecified atom stereocenters. The molecule has 1 aliphatic heterocycles. The molecule has 2 aromatic rings. The Morgan fingerprint density at radius 3 is 2.36 bits per heavy atom. The Morgan fingerprint density at radius 2 is 1.76 bits per heavy atom. The topological polar surface area (TPSA) is 63.0 Å². The first-order valence-corrected chi connectivity index (χ1v) is 8.40. The van der Waals surface area contributed by atoms with Crippen molar-refractivity contribution in [3.63, 3.8) is 0 Å². The van der Waals surface area contributed by atoms with Gasteiger partial charge in [-0.25, -0.2) is 4.79 Å². The molecule has 1 aromatic heterocycles. The fraction of sp³-hybridized carbons (Fsp3) is 0.368. The minimum Gasteiger partial charge on any atom is -0.469 e. The summed E-state index contributed by atoms with van der Waals surface area (Å²) < 4.78 is 10.4. The number of aryl methyl sites for hydroxylation is 1. The highest BCUT2D eigenvalue weighted by atomic mass is 16.5. The highest BCUT2D eigenvalue weighted by molar-refractivity contribution is 5.93. The van der Waals surface area contributed by atoms with Gasteiger partial charge in [0, 0.05) is 31.9 Å². The summed E-state index contributed by atoms with van der Waals surface area (Å²) >= 11 is 0. The number of nitrogens with zero attached hydrogens (tertiary/aromatic N) is 2. The van der Waals surface area contributed by atoms with Crippen molar-refractivity contribution in [2.45, 2.75) is 20.0 Å². The van der Waals surface area contributed by atoms with E-state index in [1.165, 1.54) is 6.26 Å². The van der Waals surface area contributed by atoms with Crippen LogP contribution in [0.3, 0.4) is 0 Å².